The summed E-state index contributed by atoms with van der Waals surface area (Å²) in [6, 6.07) is 18.4. The van der Waals surface area contributed by atoms with Gasteiger partial charge in [0, 0.05) is 48.1 Å². The highest BCUT2D eigenvalue weighted by molar-refractivity contribution is 7.89. The predicted molar refractivity (Wildman–Crippen MR) is 206 cm³/mol. The number of piperidine rings is 2. The number of sulfonamides is 1. The van der Waals surface area contributed by atoms with Crippen LogP contribution in [0.5, 0.6) is 17.2 Å². The van der Waals surface area contributed by atoms with Crippen molar-refractivity contribution in [2.45, 2.75) is 70.8 Å². The van der Waals surface area contributed by atoms with Crippen molar-refractivity contribution in [3.05, 3.63) is 100 Å². The Labute approximate surface area is 322 Å². The highest BCUT2D eigenvalue weighted by atomic mass is 35.5. The Bertz CT molecular complexity index is 1940. The van der Waals surface area contributed by atoms with E-state index in [4.69, 9.17) is 30.5 Å². The zero-order valence-corrected chi connectivity index (χ0v) is 32.7. The number of amides is 1. The van der Waals surface area contributed by atoms with Gasteiger partial charge in [-0.2, -0.15) is 0 Å². The van der Waals surface area contributed by atoms with E-state index >= 15 is 0 Å². The van der Waals surface area contributed by atoms with Crippen LogP contribution in [-0.4, -0.2) is 79.4 Å². The topological polar surface area (TPSA) is 132 Å². The Morgan fingerprint density at radius 1 is 1.02 bits per heavy atom. The molecule has 6 rings (SSSR count). The highest BCUT2D eigenvalue weighted by Crippen LogP contribution is 2.51. The first-order chi connectivity index (χ1) is 25.7. The zero-order valence-electron chi connectivity index (χ0n) is 31.1. The summed E-state index contributed by atoms with van der Waals surface area (Å²) in [5.41, 5.74) is 3.71. The number of rotatable bonds is 11. The molecule has 3 heterocycles. The summed E-state index contributed by atoms with van der Waals surface area (Å²) in [6.07, 6.45) is 1.82. The minimum atomic E-state index is -3.66. The normalized spacial score (nSPS) is 22.5. The van der Waals surface area contributed by atoms with E-state index in [1.54, 1.807) is 21.3 Å². The number of aryl methyl sites for hydroxylation is 2. The van der Waals surface area contributed by atoms with Gasteiger partial charge >= 0.3 is 12.1 Å². The summed E-state index contributed by atoms with van der Waals surface area (Å²) in [5.74, 6) is 0.170. The number of hydrogen-bond donors (Lipinski definition) is 1. The number of ether oxygens (including phenoxy) is 4. The van der Waals surface area contributed by atoms with Crippen LogP contribution in [0.25, 0.3) is 0 Å². The molecule has 54 heavy (non-hydrogen) atoms. The minimum Gasteiger partial charge on any atom is -0.482 e. The first-order valence-electron chi connectivity index (χ1n) is 18.4. The summed E-state index contributed by atoms with van der Waals surface area (Å²) in [5, 5.41) is 9.49. The monoisotopic (exact) mass is 780 g/mol. The van der Waals surface area contributed by atoms with Crippen molar-refractivity contribution >= 4 is 33.7 Å². The van der Waals surface area contributed by atoms with E-state index < -0.39 is 45.5 Å². The van der Waals surface area contributed by atoms with Crippen LogP contribution >= 0.6 is 11.6 Å². The second-order valence-electron chi connectivity index (χ2n) is 15.0. The van der Waals surface area contributed by atoms with E-state index in [9.17, 15) is 23.1 Å². The maximum Gasteiger partial charge on any atom is 0.410 e. The highest BCUT2D eigenvalue weighted by Gasteiger charge is 2.48. The Morgan fingerprint density at radius 3 is 2.39 bits per heavy atom. The van der Waals surface area contributed by atoms with Crippen molar-refractivity contribution in [2.75, 3.05) is 39.4 Å². The smallest absolute Gasteiger partial charge is 0.410 e. The molecule has 3 saturated heterocycles. The number of halogens is 1. The van der Waals surface area contributed by atoms with Crippen molar-refractivity contribution in [3.63, 3.8) is 0 Å². The summed E-state index contributed by atoms with van der Waals surface area (Å²) in [6.45, 7) is 11.4. The number of hydrogen-bond acceptors (Lipinski definition) is 8. The van der Waals surface area contributed by atoms with Crippen LogP contribution in [-0.2, 0) is 30.9 Å². The van der Waals surface area contributed by atoms with Gasteiger partial charge in [-0.15, -0.1) is 0 Å². The fourth-order valence-corrected chi connectivity index (χ4v) is 10.1. The van der Waals surface area contributed by atoms with Crippen LogP contribution in [0, 0.1) is 25.2 Å². The van der Waals surface area contributed by atoms with E-state index in [0.29, 0.717) is 86.3 Å². The fourth-order valence-electron chi connectivity index (χ4n) is 7.96. The molecular formula is C41H49ClN2O9S. The molecule has 11 nitrogen and oxygen atoms in total. The van der Waals surface area contributed by atoms with Crippen molar-refractivity contribution in [1.82, 2.24) is 9.21 Å². The fraction of sp³-hybridized carbons (Fsp3) is 0.463. The Hall–Kier alpha value is -4.10. The van der Waals surface area contributed by atoms with Crippen molar-refractivity contribution in [1.29, 1.82) is 0 Å². The number of carboxylic acid groups (broad SMARTS) is 1. The van der Waals surface area contributed by atoms with E-state index in [0.717, 1.165) is 28.7 Å². The molecule has 290 valence electrons. The van der Waals surface area contributed by atoms with Crippen LogP contribution in [0.1, 0.15) is 67.4 Å². The minimum absolute atomic E-state index is 0.167. The Balaban J connectivity index is 1.15. The van der Waals surface area contributed by atoms with Gasteiger partial charge in [0.1, 0.15) is 23.9 Å². The van der Waals surface area contributed by atoms with Crippen LogP contribution in [0.15, 0.2) is 72.8 Å². The summed E-state index contributed by atoms with van der Waals surface area (Å²) >= 11 is 6.38. The molecule has 1 N–H and O–H groups in total. The predicted octanol–water partition coefficient (Wildman–Crippen LogP) is 8.08. The Kier molecular flexibility index (Phi) is 12.3. The third-order valence-electron chi connectivity index (χ3n) is 10.8. The van der Waals surface area contributed by atoms with Crippen molar-refractivity contribution < 1.29 is 42.1 Å². The molecule has 0 saturated carbocycles. The lowest BCUT2D eigenvalue weighted by molar-refractivity contribution is -0.139. The molecule has 0 bridgehead atoms. The molecule has 1 amide bonds. The number of nitrogens with zero attached hydrogens (tertiary/aromatic N) is 2. The SMILES string of the molecule is C=C(C)[C@H]1C[C@]2(CCCN(S(=O)(=O)C3CCN(C(=O)OCc4ccccc4)CC3)C2)CO[C@@H]1c1cc(Oc2cc(C)c(Cl)c(C)c2)ccc1OCC(=O)O. The van der Waals surface area contributed by atoms with Crippen molar-refractivity contribution in [3.8, 4) is 17.2 Å². The number of likely N-dealkylation sites (tertiary alicyclic amines) is 1. The summed E-state index contributed by atoms with van der Waals surface area (Å²) in [4.78, 5) is 25.8. The van der Waals surface area contributed by atoms with E-state index in [1.807, 2.05) is 69.3 Å². The maximum atomic E-state index is 14.1. The number of aliphatic carboxylic acids is 1. The molecule has 3 aromatic carbocycles. The average Bonchev–Trinajstić information content (AvgIpc) is 3.16. The van der Waals surface area contributed by atoms with Gasteiger partial charge in [0.15, 0.2) is 6.61 Å². The van der Waals surface area contributed by atoms with Gasteiger partial charge in [0.25, 0.3) is 0 Å². The van der Waals surface area contributed by atoms with Gasteiger partial charge in [0.05, 0.1) is 18.0 Å². The number of carboxylic acids is 1. The van der Waals surface area contributed by atoms with Gasteiger partial charge in [-0.3, -0.25) is 0 Å². The number of carbonyl (C=O) groups is 2. The molecule has 3 aliphatic rings. The molecular weight excluding hydrogens is 732 g/mol. The van der Waals surface area contributed by atoms with Gasteiger partial charge in [-0.1, -0.05) is 54.1 Å². The lowest BCUT2D eigenvalue weighted by atomic mass is 9.69. The Morgan fingerprint density at radius 2 is 1.72 bits per heavy atom. The molecule has 3 aliphatic heterocycles. The molecule has 3 aromatic rings. The molecule has 0 aromatic heterocycles. The van der Waals surface area contributed by atoms with Gasteiger partial charge in [0.2, 0.25) is 10.0 Å². The van der Waals surface area contributed by atoms with Gasteiger partial charge in [-0.05, 0) is 99.9 Å². The second kappa shape index (κ2) is 16.7. The summed E-state index contributed by atoms with van der Waals surface area (Å²) in [7, 11) is -3.66. The first-order valence-corrected chi connectivity index (χ1v) is 20.3. The third-order valence-corrected chi connectivity index (χ3v) is 13.8. The standard InChI is InChI=1S/C41H49ClN2O9S/c1-27(2)35-22-41(15-8-16-44(25-41)54(48,49)33-13-17-43(18-14-33)40(47)51-23-30-9-6-5-7-10-30)26-52-39(35)34-21-31(11-12-36(34)50-24-37(45)46)53-32-19-28(3)38(42)29(4)20-32/h5-7,9-12,19-21,33,35,39H,1,8,13-18,22-26H2,2-4H3,(H,45,46)/t35-,39-,41+/m1/s1. The van der Waals surface area contributed by atoms with Crippen LogP contribution < -0.4 is 9.47 Å². The maximum absolute atomic E-state index is 14.1. The van der Waals surface area contributed by atoms with Crippen LogP contribution in [0.3, 0.4) is 0 Å². The third kappa shape index (κ3) is 9.05. The lowest BCUT2D eigenvalue weighted by Crippen LogP contribution is -2.54. The molecule has 0 unspecified atom stereocenters. The van der Waals surface area contributed by atoms with E-state index in [2.05, 4.69) is 6.58 Å². The number of benzene rings is 3. The van der Waals surface area contributed by atoms with Gasteiger partial charge in [-0.25, -0.2) is 22.3 Å². The van der Waals surface area contributed by atoms with E-state index in [-0.39, 0.29) is 12.5 Å². The average molecular weight is 781 g/mol. The molecule has 0 aliphatic carbocycles. The molecule has 0 radical (unpaired) electrons. The molecule has 1 spiro atoms. The summed E-state index contributed by atoms with van der Waals surface area (Å²) < 4.78 is 54.1. The number of carbonyl (C=O) groups excluding carboxylic acids is 1. The molecule has 3 fully saturated rings. The molecule has 13 heteroatoms. The van der Waals surface area contributed by atoms with Crippen molar-refractivity contribution in [2.24, 2.45) is 11.3 Å². The van der Waals surface area contributed by atoms with Gasteiger partial charge < -0.3 is 29.0 Å². The zero-order chi connectivity index (χ0) is 38.6. The lowest BCUT2D eigenvalue weighted by Gasteiger charge is -2.50. The van der Waals surface area contributed by atoms with Crippen LogP contribution in [0.4, 0.5) is 4.79 Å². The first kappa shape index (κ1) is 39.6. The van der Waals surface area contributed by atoms with E-state index in [1.165, 1.54) is 0 Å². The van der Waals surface area contributed by atoms with Crippen LogP contribution in [0.2, 0.25) is 5.02 Å². The molecule has 3 atom stereocenters. The second-order valence-corrected chi connectivity index (χ2v) is 17.5. The largest absolute Gasteiger partial charge is 0.482 e. The quantitative estimate of drug-likeness (QED) is 0.192.